The minimum absolute atomic E-state index is 0.0277. The number of hydrogen-bond acceptors (Lipinski definition) is 3. The molecule has 1 aromatic carbocycles. The summed E-state index contributed by atoms with van der Waals surface area (Å²) in [5.74, 6) is -1.33. The molecule has 0 fully saturated rings. The van der Waals surface area contributed by atoms with Crippen molar-refractivity contribution in [1.82, 2.24) is 5.32 Å². The van der Waals surface area contributed by atoms with Gasteiger partial charge in [0.1, 0.15) is 12.4 Å². The Morgan fingerprint density at radius 3 is 2.59 bits per heavy atom. The lowest BCUT2D eigenvalue weighted by molar-refractivity contribution is 0.196. The Morgan fingerprint density at radius 1 is 1.24 bits per heavy atom. The molecule has 6 heteroatoms. The van der Waals surface area contributed by atoms with Crippen LogP contribution in [-0.4, -0.2) is 33.4 Å². The number of halogens is 3. The van der Waals surface area contributed by atoms with Gasteiger partial charge in [-0.25, -0.2) is 8.78 Å². The average molecular weight is 310 g/mol. The second kappa shape index (κ2) is 7.58. The summed E-state index contributed by atoms with van der Waals surface area (Å²) in [6.45, 7) is 2.17. The van der Waals surface area contributed by atoms with Gasteiger partial charge in [0.15, 0.2) is 11.6 Å². The predicted molar refractivity (Wildman–Crippen MR) is 64.3 cm³/mol. The standard InChI is InChI=1S/C11H14BrF2NO2/c1-16-4-2-15-3-5-17-11-9(12)6-8(13)7-10(11)14/h6-7,15H,2-5H2,1H3. The van der Waals surface area contributed by atoms with E-state index >= 15 is 0 Å². The van der Waals surface area contributed by atoms with E-state index in [-0.39, 0.29) is 10.2 Å². The number of ether oxygens (including phenoxy) is 2. The first-order chi connectivity index (χ1) is 8.15. The van der Waals surface area contributed by atoms with Crippen LogP contribution in [0.3, 0.4) is 0 Å². The number of hydrogen-bond donors (Lipinski definition) is 1. The summed E-state index contributed by atoms with van der Waals surface area (Å²) < 4.78 is 36.4. The highest BCUT2D eigenvalue weighted by Gasteiger charge is 2.10. The fraction of sp³-hybridized carbons (Fsp3) is 0.455. The van der Waals surface area contributed by atoms with E-state index in [0.29, 0.717) is 26.3 Å². The average Bonchev–Trinajstić information content (AvgIpc) is 2.26. The molecule has 0 radical (unpaired) electrons. The van der Waals surface area contributed by atoms with E-state index in [1.807, 2.05) is 0 Å². The molecule has 96 valence electrons. The van der Waals surface area contributed by atoms with Crippen molar-refractivity contribution in [3.8, 4) is 5.75 Å². The first-order valence-corrected chi connectivity index (χ1v) is 5.91. The van der Waals surface area contributed by atoms with Crippen molar-refractivity contribution in [2.24, 2.45) is 0 Å². The maximum Gasteiger partial charge on any atom is 0.169 e. The van der Waals surface area contributed by atoms with Crippen LogP contribution in [0.2, 0.25) is 0 Å². The minimum Gasteiger partial charge on any atom is -0.488 e. The number of benzene rings is 1. The van der Waals surface area contributed by atoms with Crippen LogP contribution >= 0.6 is 15.9 Å². The summed E-state index contributed by atoms with van der Waals surface area (Å²) >= 11 is 3.05. The van der Waals surface area contributed by atoms with Gasteiger partial charge >= 0.3 is 0 Å². The maximum atomic E-state index is 13.3. The predicted octanol–water partition coefficient (Wildman–Crippen LogP) is 2.34. The van der Waals surface area contributed by atoms with Crippen LogP contribution in [0.25, 0.3) is 0 Å². The third-order valence-corrected chi connectivity index (χ3v) is 2.56. The third kappa shape index (κ3) is 4.97. The molecule has 1 aromatic rings. The van der Waals surface area contributed by atoms with E-state index in [4.69, 9.17) is 9.47 Å². The van der Waals surface area contributed by atoms with Crippen molar-refractivity contribution in [1.29, 1.82) is 0 Å². The summed E-state index contributed by atoms with van der Waals surface area (Å²) in [7, 11) is 1.61. The molecule has 0 heterocycles. The van der Waals surface area contributed by atoms with Crippen molar-refractivity contribution < 1.29 is 18.3 Å². The first-order valence-electron chi connectivity index (χ1n) is 5.12. The van der Waals surface area contributed by atoms with E-state index < -0.39 is 11.6 Å². The van der Waals surface area contributed by atoms with E-state index in [9.17, 15) is 8.78 Å². The van der Waals surface area contributed by atoms with Crippen LogP contribution in [0, 0.1) is 11.6 Å². The molecule has 0 aromatic heterocycles. The second-order valence-electron chi connectivity index (χ2n) is 3.29. The van der Waals surface area contributed by atoms with Crippen molar-refractivity contribution in [3.63, 3.8) is 0 Å². The van der Waals surface area contributed by atoms with Crippen LogP contribution in [0.15, 0.2) is 16.6 Å². The normalized spacial score (nSPS) is 10.6. The summed E-state index contributed by atoms with van der Waals surface area (Å²) in [4.78, 5) is 0. The van der Waals surface area contributed by atoms with Crippen LogP contribution in [-0.2, 0) is 4.74 Å². The first kappa shape index (κ1) is 14.3. The molecular weight excluding hydrogens is 296 g/mol. The monoisotopic (exact) mass is 309 g/mol. The number of rotatable bonds is 7. The van der Waals surface area contributed by atoms with Gasteiger partial charge < -0.3 is 14.8 Å². The SMILES string of the molecule is COCCNCCOc1c(F)cc(F)cc1Br. The molecule has 0 saturated heterocycles. The molecule has 3 nitrogen and oxygen atoms in total. The topological polar surface area (TPSA) is 30.5 Å². The minimum atomic E-state index is -0.714. The highest BCUT2D eigenvalue weighted by Crippen LogP contribution is 2.28. The van der Waals surface area contributed by atoms with Gasteiger partial charge in [0.05, 0.1) is 11.1 Å². The van der Waals surface area contributed by atoms with Gasteiger partial charge in [-0.05, 0) is 22.0 Å². The lowest BCUT2D eigenvalue weighted by Crippen LogP contribution is -2.24. The summed E-state index contributed by atoms with van der Waals surface area (Å²) in [5, 5.41) is 3.05. The number of nitrogens with one attached hydrogen (secondary N) is 1. The lowest BCUT2D eigenvalue weighted by atomic mass is 10.3. The molecule has 0 unspecified atom stereocenters. The molecule has 0 aliphatic carbocycles. The fourth-order valence-corrected chi connectivity index (χ4v) is 1.71. The maximum absolute atomic E-state index is 13.3. The zero-order chi connectivity index (χ0) is 12.7. The second-order valence-corrected chi connectivity index (χ2v) is 4.14. The van der Waals surface area contributed by atoms with Crippen molar-refractivity contribution in [2.75, 3.05) is 33.4 Å². The highest BCUT2D eigenvalue weighted by molar-refractivity contribution is 9.10. The molecule has 0 aliphatic heterocycles. The molecule has 1 N–H and O–H groups in total. The summed E-state index contributed by atoms with van der Waals surface area (Å²) in [6.07, 6.45) is 0. The fourth-order valence-electron chi connectivity index (χ4n) is 1.19. The van der Waals surface area contributed by atoms with Crippen molar-refractivity contribution in [2.45, 2.75) is 0 Å². The molecule has 1 rings (SSSR count). The van der Waals surface area contributed by atoms with Gasteiger partial charge in [-0.15, -0.1) is 0 Å². The molecular formula is C11H14BrF2NO2. The highest BCUT2D eigenvalue weighted by atomic mass is 79.9. The van der Waals surface area contributed by atoms with E-state index in [2.05, 4.69) is 21.2 Å². The van der Waals surface area contributed by atoms with Crippen LogP contribution in [0.1, 0.15) is 0 Å². The van der Waals surface area contributed by atoms with Crippen molar-refractivity contribution in [3.05, 3.63) is 28.2 Å². The van der Waals surface area contributed by atoms with E-state index in [1.54, 1.807) is 7.11 Å². The zero-order valence-electron chi connectivity index (χ0n) is 9.43. The van der Waals surface area contributed by atoms with Gasteiger partial charge in [-0.2, -0.15) is 0 Å². The molecule has 0 aliphatic rings. The van der Waals surface area contributed by atoms with Crippen LogP contribution in [0.5, 0.6) is 5.75 Å². The van der Waals surface area contributed by atoms with Gasteiger partial charge in [-0.1, -0.05) is 0 Å². The Labute approximate surface area is 107 Å². The van der Waals surface area contributed by atoms with Gasteiger partial charge in [0.2, 0.25) is 0 Å². The summed E-state index contributed by atoms with van der Waals surface area (Å²) in [5.41, 5.74) is 0. The molecule has 0 saturated carbocycles. The quantitative estimate of drug-likeness (QED) is 0.784. The molecule has 0 amide bonds. The Kier molecular flexibility index (Phi) is 6.39. The van der Waals surface area contributed by atoms with Gasteiger partial charge in [-0.3, -0.25) is 0 Å². The largest absolute Gasteiger partial charge is 0.488 e. The number of methoxy groups -OCH3 is 1. The van der Waals surface area contributed by atoms with Gasteiger partial charge in [0, 0.05) is 26.3 Å². The molecule has 17 heavy (non-hydrogen) atoms. The smallest absolute Gasteiger partial charge is 0.169 e. The summed E-state index contributed by atoms with van der Waals surface area (Å²) in [6, 6.07) is 1.95. The Balaban J connectivity index is 2.36. The molecule has 0 spiro atoms. The Hall–Kier alpha value is -0.720. The lowest BCUT2D eigenvalue weighted by Gasteiger charge is -2.10. The van der Waals surface area contributed by atoms with Gasteiger partial charge in [0.25, 0.3) is 0 Å². The zero-order valence-corrected chi connectivity index (χ0v) is 11.0. The van der Waals surface area contributed by atoms with Crippen LogP contribution < -0.4 is 10.1 Å². The Morgan fingerprint density at radius 2 is 1.94 bits per heavy atom. The third-order valence-electron chi connectivity index (χ3n) is 1.97. The van der Waals surface area contributed by atoms with Crippen molar-refractivity contribution >= 4 is 15.9 Å². The van der Waals surface area contributed by atoms with E-state index in [1.165, 1.54) is 0 Å². The van der Waals surface area contributed by atoms with E-state index in [0.717, 1.165) is 12.1 Å². The molecule has 0 bridgehead atoms. The Bertz CT molecular complexity index is 340. The molecule has 0 atom stereocenters. The van der Waals surface area contributed by atoms with Crippen LogP contribution in [0.4, 0.5) is 8.78 Å².